The fourth-order valence-corrected chi connectivity index (χ4v) is 6.21. The fourth-order valence-electron chi connectivity index (χ4n) is 3.94. The highest BCUT2D eigenvalue weighted by molar-refractivity contribution is 7.97. The van der Waals surface area contributed by atoms with Gasteiger partial charge in [-0.05, 0) is 68.5 Å². The molecule has 4 rings (SSSR count). The van der Waals surface area contributed by atoms with E-state index in [0.717, 1.165) is 36.3 Å². The predicted molar refractivity (Wildman–Crippen MR) is 126 cm³/mol. The molecule has 1 atom stereocenters. The molecular weight excluding hydrogens is 404 g/mol. The molecule has 1 aliphatic rings. The van der Waals surface area contributed by atoms with Crippen LogP contribution in [0, 0.1) is 13.8 Å². The van der Waals surface area contributed by atoms with Crippen molar-refractivity contribution in [1.29, 1.82) is 0 Å². The van der Waals surface area contributed by atoms with Crippen LogP contribution in [0.5, 0.6) is 5.75 Å². The van der Waals surface area contributed by atoms with Gasteiger partial charge < -0.3 is 14.2 Å². The van der Waals surface area contributed by atoms with Gasteiger partial charge in [0.1, 0.15) is 12.4 Å². The van der Waals surface area contributed by atoms with Gasteiger partial charge in [-0.1, -0.05) is 36.4 Å². The van der Waals surface area contributed by atoms with Gasteiger partial charge in [0, 0.05) is 18.7 Å². The summed E-state index contributed by atoms with van der Waals surface area (Å²) < 4.78 is 17.6. The summed E-state index contributed by atoms with van der Waals surface area (Å²) in [6.07, 6.45) is 3.22. The molecule has 0 saturated carbocycles. The van der Waals surface area contributed by atoms with Gasteiger partial charge >= 0.3 is 0 Å². The van der Waals surface area contributed by atoms with Crippen molar-refractivity contribution in [2.75, 3.05) is 19.8 Å². The molecular formula is C27H31O3S+. The molecule has 3 aromatic carbocycles. The lowest BCUT2D eigenvalue weighted by molar-refractivity contribution is -0.165. The Hall–Kier alpha value is -2.27. The molecule has 3 aromatic rings. The lowest BCUT2D eigenvalue weighted by atomic mass is 10.1. The van der Waals surface area contributed by atoms with E-state index >= 15 is 0 Å². The Bertz CT molecular complexity index is 890. The molecule has 1 unspecified atom stereocenters. The molecule has 1 aliphatic heterocycles. The van der Waals surface area contributed by atoms with E-state index in [1.54, 1.807) is 0 Å². The average Bonchev–Trinajstić information content (AvgIpc) is 2.80. The topological polar surface area (TPSA) is 27.7 Å². The Balaban J connectivity index is 1.50. The van der Waals surface area contributed by atoms with Crippen LogP contribution >= 0.6 is 0 Å². The third-order valence-corrected chi connectivity index (χ3v) is 7.59. The molecule has 0 radical (unpaired) electrons. The van der Waals surface area contributed by atoms with Gasteiger partial charge in [-0.2, -0.15) is 0 Å². The number of rotatable bonds is 8. The molecule has 1 heterocycles. The second-order valence-corrected chi connectivity index (χ2v) is 9.86. The van der Waals surface area contributed by atoms with Crippen molar-refractivity contribution in [3.05, 3.63) is 83.9 Å². The molecule has 0 bridgehead atoms. The van der Waals surface area contributed by atoms with Crippen LogP contribution in [0.3, 0.4) is 0 Å². The van der Waals surface area contributed by atoms with Crippen molar-refractivity contribution < 1.29 is 14.2 Å². The van der Waals surface area contributed by atoms with E-state index in [2.05, 4.69) is 86.6 Å². The van der Waals surface area contributed by atoms with Crippen LogP contribution in [0.25, 0.3) is 0 Å². The summed E-state index contributed by atoms with van der Waals surface area (Å²) in [4.78, 5) is 3.95. The van der Waals surface area contributed by atoms with Gasteiger partial charge in [0.25, 0.3) is 0 Å². The van der Waals surface area contributed by atoms with Crippen molar-refractivity contribution in [2.45, 2.75) is 54.1 Å². The van der Waals surface area contributed by atoms with Crippen LogP contribution in [0.2, 0.25) is 0 Å². The van der Waals surface area contributed by atoms with Gasteiger partial charge in [0.15, 0.2) is 21.0 Å². The number of benzene rings is 3. The fraction of sp³-hybridized carbons (Fsp3) is 0.333. The first-order valence-corrected chi connectivity index (χ1v) is 12.3. The molecule has 0 amide bonds. The largest absolute Gasteiger partial charge is 0.491 e. The molecule has 4 heteroatoms. The van der Waals surface area contributed by atoms with Crippen LogP contribution in [0.4, 0.5) is 0 Å². The zero-order valence-corrected chi connectivity index (χ0v) is 19.2. The maximum atomic E-state index is 6.13. The molecule has 0 aromatic heterocycles. The molecule has 1 saturated heterocycles. The maximum absolute atomic E-state index is 6.13. The summed E-state index contributed by atoms with van der Waals surface area (Å²) in [7, 11) is -0.151. The number of aryl methyl sites for hydroxylation is 2. The predicted octanol–water partition coefficient (Wildman–Crippen LogP) is 6.32. The maximum Gasteiger partial charge on any atom is 0.167 e. The van der Waals surface area contributed by atoms with Crippen LogP contribution in [0.1, 0.15) is 30.4 Å². The summed E-state index contributed by atoms with van der Waals surface area (Å²) in [5, 5.41) is 0. The Morgan fingerprint density at radius 1 is 0.806 bits per heavy atom. The lowest BCUT2D eigenvalue weighted by Gasteiger charge is -2.23. The van der Waals surface area contributed by atoms with E-state index in [1.165, 1.54) is 21.1 Å². The molecule has 0 aliphatic carbocycles. The van der Waals surface area contributed by atoms with Gasteiger partial charge in [0.2, 0.25) is 0 Å². The first-order valence-electron chi connectivity index (χ1n) is 11.0. The minimum absolute atomic E-state index is 0.0689. The summed E-state index contributed by atoms with van der Waals surface area (Å²) in [5.74, 6) is 0.960. The Labute approximate surface area is 188 Å². The van der Waals surface area contributed by atoms with Gasteiger partial charge in [0.05, 0.1) is 17.5 Å². The molecule has 1 fully saturated rings. The highest BCUT2D eigenvalue weighted by Gasteiger charge is 2.29. The first-order chi connectivity index (χ1) is 15.2. The standard InChI is InChI=1S/C27H31O3S/c1-21-19-25(31(23-11-5-3-6-12-23)24-13-7-4-8-14-24)20-22(2)27(21)30-18-17-29-26-15-9-10-16-28-26/h3-8,11-14,19-20,26H,9-10,15-18H2,1-2H3/q+1. The van der Waals surface area contributed by atoms with E-state index in [1.807, 2.05) is 0 Å². The molecule has 3 nitrogen and oxygen atoms in total. The Morgan fingerprint density at radius 3 is 1.97 bits per heavy atom. The SMILES string of the molecule is Cc1cc([S+](c2ccccc2)c2ccccc2)cc(C)c1OCCOC1CCCCO1. The number of ether oxygens (including phenoxy) is 3. The minimum Gasteiger partial charge on any atom is -0.491 e. The normalized spacial score (nSPS) is 16.4. The van der Waals surface area contributed by atoms with Crippen molar-refractivity contribution in [1.82, 2.24) is 0 Å². The summed E-state index contributed by atoms with van der Waals surface area (Å²) in [6.45, 7) is 6.15. The lowest BCUT2D eigenvalue weighted by Crippen LogP contribution is -2.24. The Morgan fingerprint density at radius 2 is 1.42 bits per heavy atom. The zero-order chi connectivity index (χ0) is 21.5. The van der Waals surface area contributed by atoms with Crippen molar-refractivity contribution in [2.24, 2.45) is 0 Å². The molecule has 0 N–H and O–H groups in total. The van der Waals surface area contributed by atoms with E-state index in [-0.39, 0.29) is 17.2 Å². The van der Waals surface area contributed by atoms with Crippen molar-refractivity contribution in [3.63, 3.8) is 0 Å². The van der Waals surface area contributed by atoms with Gasteiger partial charge in [-0.3, -0.25) is 0 Å². The third-order valence-electron chi connectivity index (χ3n) is 5.40. The molecule has 162 valence electrons. The van der Waals surface area contributed by atoms with Gasteiger partial charge in [-0.15, -0.1) is 0 Å². The van der Waals surface area contributed by atoms with Crippen LogP contribution in [-0.2, 0) is 20.4 Å². The summed E-state index contributed by atoms with van der Waals surface area (Å²) in [5.41, 5.74) is 2.32. The van der Waals surface area contributed by atoms with Crippen LogP contribution in [-0.4, -0.2) is 26.1 Å². The smallest absolute Gasteiger partial charge is 0.167 e. The number of hydrogen-bond donors (Lipinski definition) is 0. The molecule has 31 heavy (non-hydrogen) atoms. The summed E-state index contributed by atoms with van der Waals surface area (Å²) in [6, 6.07) is 26.0. The highest BCUT2D eigenvalue weighted by atomic mass is 32.2. The monoisotopic (exact) mass is 435 g/mol. The van der Waals surface area contributed by atoms with Crippen molar-refractivity contribution in [3.8, 4) is 5.75 Å². The van der Waals surface area contributed by atoms with Crippen LogP contribution < -0.4 is 4.74 Å². The van der Waals surface area contributed by atoms with Crippen molar-refractivity contribution >= 4 is 10.9 Å². The van der Waals surface area contributed by atoms with E-state index in [9.17, 15) is 0 Å². The van der Waals surface area contributed by atoms with E-state index in [0.29, 0.717) is 13.2 Å². The first kappa shape index (κ1) is 21.9. The van der Waals surface area contributed by atoms with Crippen LogP contribution in [0.15, 0.2) is 87.5 Å². The van der Waals surface area contributed by atoms with Gasteiger partial charge in [-0.25, -0.2) is 0 Å². The second-order valence-electron chi connectivity index (χ2n) is 7.83. The summed E-state index contributed by atoms with van der Waals surface area (Å²) >= 11 is 0. The van der Waals surface area contributed by atoms with E-state index < -0.39 is 0 Å². The van der Waals surface area contributed by atoms with E-state index in [4.69, 9.17) is 14.2 Å². The third kappa shape index (κ3) is 5.70. The quantitative estimate of drug-likeness (QED) is 0.306. The zero-order valence-electron chi connectivity index (χ0n) is 18.4. The Kier molecular flexibility index (Phi) is 7.68. The minimum atomic E-state index is -0.151. The average molecular weight is 436 g/mol. The number of hydrogen-bond acceptors (Lipinski definition) is 3. The second kappa shape index (κ2) is 10.9. The highest BCUT2D eigenvalue weighted by Crippen LogP contribution is 2.35. The molecule has 0 spiro atoms.